The highest BCUT2D eigenvalue weighted by molar-refractivity contribution is 7.89. The highest BCUT2D eigenvalue weighted by atomic mass is 32.2. The van der Waals surface area contributed by atoms with Gasteiger partial charge < -0.3 is 5.73 Å². The molecule has 1 aliphatic heterocycles. The second-order valence-electron chi connectivity index (χ2n) is 4.56. The predicted molar refractivity (Wildman–Crippen MR) is 62.0 cm³/mol. The quantitative estimate of drug-likeness (QED) is 0.776. The summed E-state index contributed by atoms with van der Waals surface area (Å²) in [7, 11) is -3.05. The van der Waals surface area contributed by atoms with Crippen LogP contribution in [0.2, 0.25) is 0 Å². The molecule has 0 bridgehead atoms. The van der Waals surface area contributed by atoms with Crippen molar-refractivity contribution in [1.82, 2.24) is 4.31 Å². The molecule has 0 aromatic heterocycles. The Morgan fingerprint density at radius 1 is 1.33 bits per heavy atom. The molecule has 90 valence electrons. The Morgan fingerprint density at radius 3 is 2.53 bits per heavy atom. The average molecular weight is 234 g/mol. The number of sulfonamides is 1. The molecule has 0 aromatic rings. The van der Waals surface area contributed by atoms with E-state index in [2.05, 4.69) is 13.8 Å². The molecule has 1 saturated heterocycles. The number of rotatable bonds is 4. The van der Waals surface area contributed by atoms with Crippen molar-refractivity contribution in [2.75, 3.05) is 25.4 Å². The summed E-state index contributed by atoms with van der Waals surface area (Å²) in [6.45, 7) is 6.11. The van der Waals surface area contributed by atoms with Crippen LogP contribution in [0.15, 0.2) is 0 Å². The smallest absolute Gasteiger partial charge is 0.214 e. The maximum absolute atomic E-state index is 11.9. The van der Waals surface area contributed by atoms with Crippen molar-refractivity contribution in [3.05, 3.63) is 0 Å². The Kier molecular flexibility index (Phi) is 4.55. The summed E-state index contributed by atoms with van der Waals surface area (Å²) >= 11 is 0. The molecule has 0 amide bonds. The fourth-order valence-corrected chi connectivity index (χ4v) is 3.51. The number of piperidine rings is 1. The summed E-state index contributed by atoms with van der Waals surface area (Å²) in [5, 5.41) is 0. The summed E-state index contributed by atoms with van der Waals surface area (Å²) in [4.78, 5) is 0. The number of hydrogen-bond donors (Lipinski definition) is 1. The topological polar surface area (TPSA) is 63.4 Å². The Morgan fingerprint density at radius 2 is 2.00 bits per heavy atom. The Bertz CT molecular complexity index is 290. The van der Waals surface area contributed by atoms with Crippen molar-refractivity contribution in [3.63, 3.8) is 0 Å². The fraction of sp³-hybridized carbons (Fsp3) is 1.00. The van der Waals surface area contributed by atoms with E-state index >= 15 is 0 Å². The van der Waals surface area contributed by atoms with E-state index in [1.165, 1.54) is 0 Å². The zero-order chi connectivity index (χ0) is 11.5. The minimum atomic E-state index is -3.05. The van der Waals surface area contributed by atoms with E-state index in [-0.39, 0.29) is 5.75 Å². The molecule has 5 heteroatoms. The lowest BCUT2D eigenvalue weighted by Gasteiger charge is -2.34. The Hall–Kier alpha value is -0.130. The van der Waals surface area contributed by atoms with E-state index in [0.29, 0.717) is 37.9 Å². The lowest BCUT2D eigenvalue weighted by Crippen LogP contribution is -2.43. The lowest BCUT2D eigenvalue weighted by molar-refractivity contribution is 0.212. The molecule has 0 saturated carbocycles. The van der Waals surface area contributed by atoms with Crippen molar-refractivity contribution in [1.29, 1.82) is 0 Å². The van der Waals surface area contributed by atoms with Crippen molar-refractivity contribution >= 4 is 10.0 Å². The number of nitrogens with zero attached hydrogens (tertiary/aromatic N) is 1. The van der Waals surface area contributed by atoms with Crippen LogP contribution in [0.3, 0.4) is 0 Å². The van der Waals surface area contributed by atoms with Crippen LogP contribution in [0.25, 0.3) is 0 Å². The zero-order valence-corrected chi connectivity index (χ0v) is 10.5. The summed E-state index contributed by atoms with van der Waals surface area (Å²) in [6.07, 6.45) is 1.53. The third-order valence-electron chi connectivity index (χ3n) is 3.30. The van der Waals surface area contributed by atoms with E-state index in [1.807, 2.05) is 0 Å². The van der Waals surface area contributed by atoms with Gasteiger partial charge in [-0.15, -0.1) is 0 Å². The minimum Gasteiger partial charge on any atom is -0.330 e. The molecule has 0 aliphatic carbocycles. The highest BCUT2D eigenvalue weighted by Gasteiger charge is 2.29. The van der Waals surface area contributed by atoms with Gasteiger partial charge in [-0.3, -0.25) is 0 Å². The van der Waals surface area contributed by atoms with Gasteiger partial charge in [0.2, 0.25) is 10.0 Å². The van der Waals surface area contributed by atoms with Crippen LogP contribution < -0.4 is 5.73 Å². The fourth-order valence-electron chi connectivity index (χ4n) is 1.87. The molecule has 4 nitrogen and oxygen atoms in total. The van der Waals surface area contributed by atoms with Gasteiger partial charge in [-0.2, -0.15) is 0 Å². The van der Waals surface area contributed by atoms with Crippen LogP contribution in [0.1, 0.15) is 26.7 Å². The molecular weight excluding hydrogens is 212 g/mol. The van der Waals surface area contributed by atoms with Crippen molar-refractivity contribution < 1.29 is 8.42 Å². The van der Waals surface area contributed by atoms with Gasteiger partial charge >= 0.3 is 0 Å². The maximum atomic E-state index is 11.9. The summed E-state index contributed by atoms with van der Waals surface area (Å²) in [6, 6.07) is 0. The number of nitrogens with two attached hydrogens (primary N) is 1. The van der Waals surface area contributed by atoms with Gasteiger partial charge in [0.1, 0.15) is 0 Å². The molecule has 1 fully saturated rings. The van der Waals surface area contributed by atoms with Gasteiger partial charge in [-0.1, -0.05) is 13.8 Å². The first-order valence-electron chi connectivity index (χ1n) is 5.65. The summed E-state index contributed by atoms with van der Waals surface area (Å²) in [5.41, 5.74) is 5.33. The third-order valence-corrected chi connectivity index (χ3v) is 5.22. The monoisotopic (exact) mass is 234 g/mol. The van der Waals surface area contributed by atoms with E-state index in [1.54, 1.807) is 4.31 Å². The summed E-state index contributed by atoms with van der Waals surface area (Å²) in [5.74, 6) is 1.29. The summed E-state index contributed by atoms with van der Waals surface area (Å²) < 4.78 is 25.4. The van der Waals surface area contributed by atoms with Crippen LogP contribution in [0, 0.1) is 11.8 Å². The molecular formula is C10H22N2O2S. The first kappa shape index (κ1) is 12.9. The van der Waals surface area contributed by atoms with Crippen LogP contribution in [0.5, 0.6) is 0 Å². The van der Waals surface area contributed by atoms with Crippen LogP contribution in [-0.2, 0) is 10.0 Å². The molecule has 2 unspecified atom stereocenters. The average Bonchev–Trinajstić information content (AvgIpc) is 2.19. The molecule has 1 rings (SSSR count). The second-order valence-corrected chi connectivity index (χ2v) is 6.65. The van der Waals surface area contributed by atoms with E-state index < -0.39 is 10.0 Å². The third kappa shape index (κ3) is 3.43. The molecule has 0 radical (unpaired) electrons. The molecule has 1 heterocycles. The molecule has 1 aliphatic rings. The SMILES string of the molecule is CC1CCN(S(=O)(=O)CCCN)CC1C. The molecule has 2 N–H and O–H groups in total. The largest absolute Gasteiger partial charge is 0.330 e. The van der Waals surface area contributed by atoms with E-state index in [4.69, 9.17) is 5.73 Å². The van der Waals surface area contributed by atoms with E-state index in [0.717, 1.165) is 6.42 Å². The maximum Gasteiger partial charge on any atom is 0.214 e. The van der Waals surface area contributed by atoms with E-state index in [9.17, 15) is 8.42 Å². The van der Waals surface area contributed by atoms with Crippen molar-refractivity contribution in [3.8, 4) is 0 Å². The first-order valence-corrected chi connectivity index (χ1v) is 7.26. The highest BCUT2D eigenvalue weighted by Crippen LogP contribution is 2.24. The van der Waals surface area contributed by atoms with Crippen LogP contribution in [-0.4, -0.2) is 38.1 Å². The predicted octanol–water partition coefficient (Wildman–Crippen LogP) is 0.643. The van der Waals surface area contributed by atoms with Crippen LogP contribution >= 0.6 is 0 Å². The van der Waals surface area contributed by atoms with Gasteiger partial charge in [0.15, 0.2) is 0 Å². The standard InChI is InChI=1S/C10H22N2O2S/c1-9-4-6-12(8-10(9)2)15(13,14)7-3-5-11/h9-10H,3-8,11H2,1-2H3. The second kappa shape index (κ2) is 5.27. The molecule has 15 heavy (non-hydrogen) atoms. The molecule has 0 aromatic carbocycles. The van der Waals surface area contributed by atoms with Gasteiger partial charge in [-0.05, 0) is 31.2 Å². The van der Waals surface area contributed by atoms with Gasteiger partial charge in [0, 0.05) is 13.1 Å². The normalized spacial score (nSPS) is 29.3. The Labute approximate surface area is 92.9 Å². The van der Waals surface area contributed by atoms with Crippen molar-refractivity contribution in [2.24, 2.45) is 17.6 Å². The van der Waals surface area contributed by atoms with Gasteiger partial charge in [0.25, 0.3) is 0 Å². The van der Waals surface area contributed by atoms with Crippen molar-refractivity contribution in [2.45, 2.75) is 26.7 Å². The molecule has 2 atom stereocenters. The zero-order valence-electron chi connectivity index (χ0n) is 9.65. The van der Waals surface area contributed by atoms with Gasteiger partial charge in [-0.25, -0.2) is 12.7 Å². The lowest BCUT2D eigenvalue weighted by atomic mass is 9.90. The first-order chi connectivity index (χ1) is 6.97. The number of hydrogen-bond acceptors (Lipinski definition) is 3. The van der Waals surface area contributed by atoms with Gasteiger partial charge in [0.05, 0.1) is 5.75 Å². The molecule has 0 spiro atoms. The Balaban J connectivity index is 2.57. The minimum absolute atomic E-state index is 0.199. The van der Waals surface area contributed by atoms with Crippen LogP contribution in [0.4, 0.5) is 0 Å².